The quantitative estimate of drug-likeness (QED) is 0.839. The van der Waals surface area contributed by atoms with E-state index in [-0.39, 0.29) is 18.2 Å². The Morgan fingerprint density at radius 2 is 2.39 bits per heavy atom. The van der Waals surface area contributed by atoms with Crippen LogP contribution < -0.4 is 5.32 Å². The van der Waals surface area contributed by atoms with E-state index in [0.717, 1.165) is 24.7 Å². The first-order chi connectivity index (χ1) is 8.65. The van der Waals surface area contributed by atoms with Crippen LogP contribution >= 0.6 is 0 Å². The van der Waals surface area contributed by atoms with E-state index in [4.69, 9.17) is 13.9 Å². The molecule has 5 nitrogen and oxygen atoms in total. The summed E-state index contributed by atoms with van der Waals surface area (Å²) in [6, 6.07) is 0.387. The largest absolute Gasteiger partial charge is 0.444 e. The van der Waals surface area contributed by atoms with Crippen molar-refractivity contribution in [3.63, 3.8) is 0 Å². The lowest BCUT2D eigenvalue weighted by atomic mass is 9.84. The van der Waals surface area contributed by atoms with E-state index < -0.39 is 0 Å². The molecule has 0 bridgehead atoms. The highest BCUT2D eigenvalue weighted by molar-refractivity contribution is 5.01. The van der Waals surface area contributed by atoms with Gasteiger partial charge in [-0.05, 0) is 27.2 Å². The number of ether oxygens (including phenoxy) is 2. The lowest BCUT2D eigenvalue weighted by Gasteiger charge is -2.44. The van der Waals surface area contributed by atoms with Crippen LogP contribution in [0, 0.1) is 6.92 Å². The molecule has 1 saturated carbocycles. The molecule has 1 heterocycles. The molecule has 1 fully saturated rings. The summed E-state index contributed by atoms with van der Waals surface area (Å²) < 4.78 is 16.6. The van der Waals surface area contributed by atoms with E-state index in [2.05, 4.69) is 10.3 Å². The molecule has 102 valence electrons. The van der Waals surface area contributed by atoms with Gasteiger partial charge in [-0.3, -0.25) is 0 Å². The standard InChI is InChI=1S/C13H22N2O3/c1-5-17-11-6-10(12(11)16-4)15-9(3)13-14-7-8(2)18-13/h7,9-12,15H,5-6H2,1-4H3. The van der Waals surface area contributed by atoms with Crippen LogP contribution in [0.2, 0.25) is 0 Å². The van der Waals surface area contributed by atoms with Crippen molar-refractivity contribution >= 4 is 0 Å². The first kappa shape index (κ1) is 13.5. The SMILES string of the molecule is CCOC1CC(NC(C)c2ncc(C)o2)C1OC. The van der Waals surface area contributed by atoms with Crippen molar-refractivity contribution in [2.24, 2.45) is 0 Å². The average molecular weight is 254 g/mol. The maximum absolute atomic E-state index is 5.60. The highest BCUT2D eigenvalue weighted by Gasteiger charge is 2.42. The Bertz CT molecular complexity index is 380. The van der Waals surface area contributed by atoms with Gasteiger partial charge in [0.15, 0.2) is 0 Å². The Kier molecular flexibility index (Phi) is 4.37. The summed E-state index contributed by atoms with van der Waals surface area (Å²) in [6.07, 6.45) is 3.03. The molecule has 0 amide bonds. The molecule has 1 aromatic heterocycles. The van der Waals surface area contributed by atoms with Gasteiger partial charge >= 0.3 is 0 Å². The van der Waals surface area contributed by atoms with Gasteiger partial charge in [0.05, 0.1) is 24.4 Å². The molecule has 5 heteroatoms. The van der Waals surface area contributed by atoms with Crippen molar-refractivity contribution in [3.05, 3.63) is 17.8 Å². The fourth-order valence-corrected chi connectivity index (χ4v) is 2.40. The van der Waals surface area contributed by atoms with Crippen LogP contribution in [0.1, 0.15) is 38.0 Å². The Balaban J connectivity index is 1.87. The number of aryl methyl sites for hydroxylation is 1. The number of nitrogens with one attached hydrogen (secondary N) is 1. The van der Waals surface area contributed by atoms with Crippen LogP contribution in [0.3, 0.4) is 0 Å². The van der Waals surface area contributed by atoms with E-state index in [1.807, 2.05) is 20.8 Å². The summed E-state index contributed by atoms with van der Waals surface area (Å²) in [6.45, 7) is 6.68. The van der Waals surface area contributed by atoms with E-state index in [0.29, 0.717) is 6.04 Å². The molecule has 0 saturated heterocycles. The molecule has 1 N–H and O–H groups in total. The van der Waals surface area contributed by atoms with Gasteiger partial charge in [0.1, 0.15) is 5.76 Å². The molecular formula is C13H22N2O3. The fraction of sp³-hybridized carbons (Fsp3) is 0.769. The van der Waals surface area contributed by atoms with Crippen molar-refractivity contribution in [1.82, 2.24) is 10.3 Å². The van der Waals surface area contributed by atoms with Crippen molar-refractivity contribution in [2.45, 2.75) is 51.5 Å². The molecular weight excluding hydrogens is 232 g/mol. The smallest absolute Gasteiger partial charge is 0.211 e. The van der Waals surface area contributed by atoms with Gasteiger partial charge in [0.2, 0.25) is 5.89 Å². The van der Waals surface area contributed by atoms with Crippen molar-refractivity contribution in [3.8, 4) is 0 Å². The van der Waals surface area contributed by atoms with Gasteiger partial charge in [0, 0.05) is 19.8 Å². The topological polar surface area (TPSA) is 56.5 Å². The zero-order chi connectivity index (χ0) is 13.1. The lowest BCUT2D eigenvalue weighted by Crippen LogP contribution is -2.60. The number of hydrogen-bond acceptors (Lipinski definition) is 5. The monoisotopic (exact) mass is 254 g/mol. The number of rotatable bonds is 6. The predicted molar refractivity (Wildman–Crippen MR) is 67.4 cm³/mol. The molecule has 1 aliphatic carbocycles. The summed E-state index contributed by atoms with van der Waals surface area (Å²) in [5, 5.41) is 3.47. The highest BCUT2D eigenvalue weighted by atomic mass is 16.5. The van der Waals surface area contributed by atoms with Crippen LogP contribution in [0.15, 0.2) is 10.6 Å². The minimum absolute atomic E-state index is 0.0870. The first-order valence-electron chi connectivity index (χ1n) is 6.48. The molecule has 4 unspecified atom stereocenters. The highest BCUT2D eigenvalue weighted by Crippen LogP contribution is 2.29. The normalized spacial score (nSPS) is 29.0. The summed E-state index contributed by atoms with van der Waals surface area (Å²) in [7, 11) is 1.73. The molecule has 0 radical (unpaired) electrons. The lowest BCUT2D eigenvalue weighted by molar-refractivity contribution is -0.133. The minimum atomic E-state index is 0.0870. The van der Waals surface area contributed by atoms with E-state index in [1.54, 1.807) is 13.3 Å². The van der Waals surface area contributed by atoms with Crippen LogP contribution in [-0.4, -0.2) is 37.0 Å². The molecule has 0 spiro atoms. The van der Waals surface area contributed by atoms with Gasteiger partial charge in [0.25, 0.3) is 0 Å². The zero-order valence-corrected chi connectivity index (χ0v) is 11.5. The van der Waals surface area contributed by atoms with Crippen LogP contribution in [0.4, 0.5) is 0 Å². The second-order valence-electron chi connectivity index (χ2n) is 4.73. The third kappa shape index (κ3) is 2.74. The maximum atomic E-state index is 5.60. The third-order valence-corrected chi connectivity index (χ3v) is 3.38. The number of oxazole rings is 1. The summed E-state index contributed by atoms with van der Waals surface area (Å²) in [5.41, 5.74) is 0. The number of aromatic nitrogens is 1. The third-order valence-electron chi connectivity index (χ3n) is 3.38. The zero-order valence-electron chi connectivity index (χ0n) is 11.5. The molecule has 1 aliphatic rings. The van der Waals surface area contributed by atoms with E-state index >= 15 is 0 Å². The Morgan fingerprint density at radius 3 is 2.94 bits per heavy atom. The molecule has 2 rings (SSSR count). The number of methoxy groups -OCH3 is 1. The molecule has 18 heavy (non-hydrogen) atoms. The Hall–Kier alpha value is -0.910. The number of hydrogen-bond donors (Lipinski definition) is 1. The molecule has 1 aromatic rings. The fourth-order valence-electron chi connectivity index (χ4n) is 2.40. The first-order valence-corrected chi connectivity index (χ1v) is 6.48. The minimum Gasteiger partial charge on any atom is -0.444 e. The van der Waals surface area contributed by atoms with Crippen LogP contribution in [-0.2, 0) is 9.47 Å². The second kappa shape index (κ2) is 5.82. The molecule has 4 atom stereocenters. The average Bonchev–Trinajstić information content (AvgIpc) is 2.74. The van der Waals surface area contributed by atoms with E-state index in [9.17, 15) is 0 Å². The predicted octanol–water partition coefficient (Wildman–Crippen LogP) is 1.83. The van der Waals surface area contributed by atoms with Crippen molar-refractivity contribution < 1.29 is 13.9 Å². The van der Waals surface area contributed by atoms with E-state index in [1.165, 1.54) is 0 Å². The van der Waals surface area contributed by atoms with Gasteiger partial charge < -0.3 is 19.2 Å². The molecule has 0 aromatic carbocycles. The van der Waals surface area contributed by atoms with Gasteiger partial charge in [-0.2, -0.15) is 0 Å². The van der Waals surface area contributed by atoms with Crippen LogP contribution in [0.5, 0.6) is 0 Å². The second-order valence-corrected chi connectivity index (χ2v) is 4.73. The Morgan fingerprint density at radius 1 is 1.61 bits per heavy atom. The summed E-state index contributed by atoms with van der Waals surface area (Å²) >= 11 is 0. The summed E-state index contributed by atoms with van der Waals surface area (Å²) in [4.78, 5) is 4.23. The van der Waals surface area contributed by atoms with Gasteiger partial charge in [-0.1, -0.05) is 0 Å². The van der Waals surface area contributed by atoms with Crippen molar-refractivity contribution in [1.29, 1.82) is 0 Å². The molecule has 0 aliphatic heterocycles. The van der Waals surface area contributed by atoms with Gasteiger partial charge in [-0.25, -0.2) is 4.98 Å². The van der Waals surface area contributed by atoms with Crippen molar-refractivity contribution in [2.75, 3.05) is 13.7 Å². The Labute approximate surface area is 108 Å². The van der Waals surface area contributed by atoms with Crippen LogP contribution in [0.25, 0.3) is 0 Å². The van der Waals surface area contributed by atoms with Gasteiger partial charge in [-0.15, -0.1) is 0 Å². The maximum Gasteiger partial charge on any atom is 0.211 e. The number of nitrogens with zero attached hydrogens (tertiary/aromatic N) is 1. The summed E-state index contributed by atoms with van der Waals surface area (Å²) in [5.74, 6) is 1.56.